The standard InChI is InChI=1S/C24H25N3O7/c1-2-12-33-23(31)17-8-10-19(11-9-17)25-20(28)15-34-24(32)18-13-21(29)27(14-18)26-22(30)16-6-4-3-5-7-16/h3-11,18H,2,12-15H2,1H3,(H,25,28)(H,26,30). The first-order valence-electron chi connectivity index (χ1n) is 10.8. The van der Waals surface area contributed by atoms with E-state index in [4.69, 9.17) is 9.47 Å². The highest BCUT2D eigenvalue weighted by Crippen LogP contribution is 2.18. The third kappa shape index (κ3) is 6.64. The van der Waals surface area contributed by atoms with Gasteiger partial charge in [0.15, 0.2) is 6.61 Å². The molecule has 178 valence electrons. The van der Waals surface area contributed by atoms with Crippen LogP contribution in [-0.2, 0) is 23.9 Å². The average molecular weight is 467 g/mol. The zero-order valence-electron chi connectivity index (χ0n) is 18.6. The van der Waals surface area contributed by atoms with E-state index in [1.165, 1.54) is 24.3 Å². The maximum atomic E-state index is 12.3. The van der Waals surface area contributed by atoms with E-state index in [0.717, 1.165) is 5.01 Å². The molecule has 1 unspecified atom stereocenters. The second-order valence-corrected chi connectivity index (χ2v) is 7.58. The van der Waals surface area contributed by atoms with Gasteiger partial charge >= 0.3 is 11.9 Å². The quantitative estimate of drug-likeness (QED) is 0.539. The highest BCUT2D eigenvalue weighted by atomic mass is 16.5. The van der Waals surface area contributed by atoms with Gasteiger partial charge in [-0.05, 0) is 42.8 Å². The van der Waals surface area contributed by atoms with E-state index in [0.29, 0.717) is 29.8 Å². The van der Waals surface area contributed by atoms with E-state index >= 15 is 0 Å². The van der Waals surface area contributed by atoms with E-state index in [9.17, 15) is 24.0 Å². The third-order valence-corrected chi connectivity index (χ3v) is 4.92. The van der Waals surface area contributed by atoms with Crippen molar-refractivity contribution in [2.75, 3.05) is 25.1 Å². The summed E-state index contributed by atoms with van der Waals surface area (Å²) in [6, 6.07) is 14.5. The second kappa shape index (κ2) is 11.6. The Morgan fingerprint density at radius 1 is 0.971 bits per heavy atom. The molecular weight excluding hydrogens is 442 g/mol. The number of carbonyl (C=O) groups excluding carboxylic acids is 5. The molecule has 2 N–H and O–H groups in total. The maximum absolute atomic E-state index is 12.3. The lowest BCUT2D eigenvalue weighted by atomic mass is 10.1. The first-order valence-corrected chi connectivity index (χ1v) is 10.8. The first kappa shape index (κ1) is 24.4. The number of nitrogens with one attached hydrogen (secondary N) is 2. The van der Waals surface area contributed by atoms with Gasteiger partial charge in [-0.2, -0.15) is 0 Å². The van der Waals surface area contributed by atoms with Crippen LogP contribution in [0.3, 0.4) is 0 Å². The van der Waals surface area contributed by atoms with Crippen LogP contribution >= 0.6 is 0 Å². The summed E-state index contributed by atoms with van der Waals surface area (Å²) in [7, 11) is 0. The van der Waals surface area contributed by atoms with E-state index in [2.05, 4.69) is 10.7 Å². The van der Waals surface area contributed by atoms with Gasteiger partial charge in [-0.3, -0.25) is 29.6 Å². The molecule has 0 bridgehead atoms. The molecule has 2 aromatic rings. The normalized spacial score (nSPS) is 14.9. The topological polar surface area (TPSA) is 131 Å². The number of anilines is 1. The fourth-order valence-electron chi connectivity index (χ4n) is 3.17. The van der Waals surface area contributed by atoms with Gasteiger partial charge in [-0.25, -0.2) is 4.79 Å². The fraction of sp³-hybridized carbons (Fsp3) is 0.292. The summed E-state index contributed by atoms with van der Waals surface area (Å²) in [4.78, 5) is 60.6. The molecule has 10 nitrogen and oxygen atoms in total. The number of hydrogen-bond donors (Lipinski definition) is 2. The summed E-state index contributed by atoms with van der Waals surface area (Å²) in [6.07, 6.45) is 0.582. The number of rotatable bonds is 9. The zero-order chi connectivity index (χ0) is 24.5. The van der Waals surface area contributed by atoms with Crippen molar-refractivity contribution >= 4 is 35.3 Å². The number of hydrogen-bond acceptors (Lipinski definition) is 7. The average Bonchev–Trinajstić information content (AvgIpc) is 3.22. The van der Waals surface area contributed by atoms with Crippen LogP contribution < -0.4 is 10.7 Å². The van der Waals surface area contributed by atoms with Crippen molar-refractivity contribution in [3.05, 3.63) is 65.7 Å². The molecule has 0 spiro atoms. The Kier molecular flexibility index (Phi) is 8.33. The minimum atomic E-state index is -0.801. The molecular formula is C24H25N3O7. The summed E-state index contributed by atoms with van der Waals surface area (Å²) in [5.41, 5.74) is 3.62. The Balaban J connectivity index is 1.43. The molecule has 1 saturated heterocycles. The molecule has 0 saturated carbocycles. The molecule has 3 rings (SSSR count). The number of esters is 2. The van der Waals surface area contributed by atoms with Gasteiger partial charge in [0.05, 0.1) is 24.6 Å². The summed E-state index contributed by atoms with van der Waals surface area (Å²) < 4.78 is 10.1. The van der Waals surface area contributed by atoms with Crippen LogP contribution in [0.4, 0.5) is 5.69 Å². The van der Waals surface area contributed by atoms with Gasteiger partial charge in [0, 0.05) is 17.7 Å². The van der Waals surface area contributed by atoms with Gasteiger partial charge in [-0.1, -0.05) is 25.1 Å². The number of carbonyl (C=O) groups is 5. The Hall–Kier alpha value is -4.21. The van der Waals surface area contributed by atoms with Gasteiger partial charge < -0.3 is 14.8 Å². The lowest BCUT2D eigenvalue weighted by Gasteiger charge is -2.17. The second-order valence-electron chi connectivity index (χ2n) is 7.58. The monoisotopic (exact) mass is 467 g/mol. The molecule has 1 heterocycles. The minimum Gasteiger partial charge on any atom is -0.462 e. The van der Waals surface area contributed by atoms with Crippen LogP contribution in [0.25, 0.3) is 0 Å². The number of nitrogens with zero attached hydrogens (tertiary/aromatic N) is 1. The summed E-state index contributed by atoms with van der Waals surface area (Å²) >= 11 is 0. The SMILES string of the molecule is CCCOC(=O)c1ccc(NC(=O)COC(=O)C2CC(=O)N(NC(=O)c3ccccc3)C2)cc1. The number of ether oxygens (including phenoxy) is 2. The molecule has 1 fully saturated rings. The number of benzene rings is 2. The zero-order valence-corrected chi connectivity index (χ0v) is 18.6. The van der Waals surface area contributed by atoms with Crippen molar-refractivity contribution in [3.63, 3.8) is 0 Å². The van der Waals surface area contributed by atoms with Gasteiger partial charge in [0.2, 0.25) is 5.91 Å². The smallest absolute Gasteiger partial charge is 0.338 e. The van der Waals surface area contributed by atoms with E-state index in [1.807, 2.05) is 6.92 Å². The van der Waals surface area contributed by atoms with E-state index < -0.39 is 42.2 Å². The lowest BCUT2D eigenvalue weighted by molar-refractivity contribution is -0.151. The van der Waals surface area contributed by atoms with Crippen LogP contribution in [-0.4, -0.2) is 54.4 Å². The molecule has 1 atom stereocenters. The van der Waals surface area contributed by atoms with Crippen molar-refractivity contribution in [3.8, 4) is 0 Å². The van der Waals surface area contributed by atoms with Crippen LogP contribution in [0.1, 0.15) is 40.5 Å². The highest BCUT2D eigenvalue weighted by Gasteiger charge is 2.36. The summed E-state index contributed by atoms with van der Waals surface area (Å²) in [6.45, 7) is 1.63. The molecule has 1 aliphatic rings. The molecule has 0 radical (unpaired) electrons. The number of amides is 3. The predicted molar refractivity (Wildman–Crippen MR) is 120 cm³/mol. The molecule has 2 aromatic carbocycles. The molecule has 0 aromatic heterocycles. The maximum Gasteiger partial charge on any atom is 0.338 e. The molecule has 3 amide bonds. The van der Waals surface area contributed by atoms with Gasteiger partial charge in [0.25, 0.3) is 11.8 Å². The van der Waals surface area contributed by atoms with Crippen molar-refractivity contribution in [2.24, 2.45) is 5.92 Å². The number of hydrazine groups is 1. The van der Waals surface area contributed by atoms with E-state index in [1.54, 1.807) is 30.3 Å². The summed E-state index contributed by atoms with van der Waals surface area (Å²) in [5.74, 6) is -3.43. The van der Waals surface area contributed by atoms with Crippen LogP contribution in [0.5, 0.6) is 0 Å². The van der Waals surface area contributed by atoms with Crippen molar-refractivity contribution in [2.45, 2.75) is 19.8 Å². The third-order valence-electron chi connectivity index (χ3n) is 4.92. The lowest BCUT2D eigenvalue weighted by Crippen LogP contribution is -2.43. The predicted octanol–water partition coefficient (Wildman–Crippen LogP) is 1.93. The minimum absolute atomic E-state index is 0.0482. The van der Waals surface area contributed by atoms with Crippen LogP contribution in [0.2, 0.25) is 0 Å². The first-order chi connectivity index (χ1) is 16.4. The summed E-state index contributed by atoms with van der Waals surface area (Å²) in [5, 5.41) is 3.63. The Bertz CT molecular complexity index is 1050. The van der Waals surface area contributed by atoms with Gasteiger partial charge in [-0.15, -0.1) is 0 Å². The molecule has 10 heteroatoms. The molecule has 0 aliphatic carbocycles. The van der Waals surface area contributed by atoms with Crippen molar-refractivity contribution < 1.29 is 33.4 Å². The Morgan fingerprint density at radius 3 is 2.35 bits per heavy atom. The Morgan fingerprint density at radius 2 is 1.68 bits per heavy atom. The van der Waals surface area contributed by atoms with Crippen LogP contribution in [0, 0.1) is 5.92 Å². The van der Waals surface area contributed by atoms with Crippen molar-refractivity contribution in [1.29, 1.82) is 0 Å². The highest BCUT2D eigenvalue weighted by molar-refractivity contribution is 5.97. The Labute approximate surface area is 196 Å². The van der Waals surface area contributed by atoms with Crippen molar-refractivity contribution in [1.82, 2.24) is 10.4 Å². The molecule has 1 aliphatic heterocycles. The van der Waals surface area contributed by atoms with Crippen LogP contribution in [0.15, 0.2) is 54.6 Å². The fourth-order valence-corrected chi connectivity index (χ4v) is 3.17. The van der Waals surface area contributed by atoms with E-state index in [-0.39, 0.29) is 13.0 Å². The molecule has 34 heavy (non-hydrogen) atoms. The van der Waals surface area contributed by atoms with Gasteiger partial charge in [0.1, 0.15) is 0 Å². The largest absolute Gasteiger partial charge is 0.462 e.